The van der Waals surface area contributed by atoms with E-state index in [0.29, 0.717) is 12.5 Å². The summed E-state index contributed by atoms with van der Waals surface area (Å²) in [6.07, 6.45) is 3.67. The number of aromatic nitrogens is 4. The lowest BCUT2D eigenvalue weighted by atomic mass is 10.1. The number of rotatable bonds is 5. The van der Waals surface area contributed by atoms with E-state index in [1.54, 1.807) is 6.20 Å². The quantitative estimate of drug-likeness (QED) is 0.849. The molecular weight excluding hydrogens is 228 g/mol. The number of hydrogen-bond acceptors (Lipinski definition) is 5. The molecule has 0 saturated carbocycles. The number of nitrogens with two attached hydrogens (primary N) is 1. The van der Waals surface area contributed by atoms with Gasteiger partial charge in [0, 0.05) is 25.5 Å². The first kappa shape index (κ1) is 12.8. The van der Waals surface area contributed by atoms with E-state index in [4.69, 9.17) is 5.73 Å². The zero-order valence-corrected chi connectivity index (χ0v) is 11.2. The minimum Gasteiger partial charge on any atom is -0.353 e. The van der Waals surface area contributed by atoms with Crippen molar-refractivity contribution in [1.82, 2.24) is 19.6 Å². The lowest BCUT2D eigenvalue weighted by Gasteiger charge is -2.24. The van der Waals surface area contributed by atoms with Gasteiger partial charge in [-0.25, -0.2) is 4.98 Å². The number of nitrogens with zero attached hydrogens (tertiary/aromatic N) is 5. The van der Waals surface area contributed by atoms with Crippen LogP contribution in [0.5, 0.6) is 0 Å². The predicted molar refractivity (Wildman–Crippen MR) is 71.6 cm³/mol. The molecule has 2 N–H and O–H groups in total. The molecular formula is C12H20N6. The summed E-state index contributed by atoms with van der Waals surface area (Å²) in [6.45, 7) is 8.61. The monoisotopic (exact) mass is 248 g/mol. The molecule has 0 saturated heterocycles. The molecule has 2 aromatic heterocycles. The van der Waals surface area contributed by atoms with Crippen molar-refractivity contribution in [3.8, 4) is 0 Å². The van der Waals surface area contributed by atoms with Gasteiger partial charge in [-0.3, -0.25) is 4.40 Å². The Morgan fingerprint density at radius 2 is 2.22 bits per heavy atom. The SMILES string of the molecule is CCN(CC(C)CN)c1nccn2c(C)nnc12. The highest BCUT2D eigenvalue weighted by molar-refractivity contribution is 5.63. The van der Waals surface area contributed by atoms with Gasteiger partial charge >= 0.3 is 0 Å². The maximum Gasteiger partial charge on any atom is 0.203 e. The summed E-state index contributed by atoms with van der Waals surface area (Å²) in [5.41, 5.74) is 6.50. The van der Waals surface area contributed by atoms with E-state index in [0.717, 1.165) is 30.4 Å². The van der Waals surface area contributed by atoms with Crippen LogP contribution in [0.15, 0.2) is 12.4 Å². The second-order valence-corrected chi connectivity index (χ2v) is 4.57. The van der Waals surface area contributed by atoms with Crippen molar-refractivity contribution in [1.29, 1.82) is 0 Å². The number of aryl methyl sites for hydroxylation is 1. The van der Waals surface area contributed by atoms with Gasteiger partial charge in [-0.05, 0) is 26.3 Å². The third-order valence-electron chi connectivity index (χ3n) is 3.09. The first-order valence-electron chi connectivity index (χ1n) is 6.28. The summed E-state index contributed by atoms with van der Waals surface area (Å²) in [5, 5.41) is 8.29. The van der Waals surface area contributed by atoms with Crippen LogP contribution >= 0.6 is 0 Å². The highest BCUT2D eigenvalue weighted by Gasteiger charge is 2.15. The summed E-state index contributed by atoms with van der Waals surface area (Å²) in [4.78, 5) is 6.64. The molecule has 1 unspecified atom stereocenters. The maximum absolute atomic E-state index is 5.69. The lowest BCUT2D eigenvalue weighted by Crippen LogP contribution is -2.32. The molecule has 0 aliphatic heterocycles. The van der Waals surface area contributed by atoms with E-state index in [1.807, 2.05) is 17.5 Å². The molecule has 0 aromatic carbocycles. The topological polar surface area (TPSA) is 72.3 Å². The van der Waals surface area contributed by atoms with Gasteiger partial charge in [0.25, 0.3) is 0 Å². The number of fused-ring (bicyclic) bond motifs is 1. The molecule has 0 bridgehead atoms. The minimum absolute atomic E-state index is 0.427. The number of anilines is 1. The van der Waals surface area contributed by atoms with Gasteiger partial charge < -0.3 is 10.6 Å². The van der Waals surface area contributed by atoms with Crippen molar-refractivity contribution in [3.63, 3.8) is 0 Å². The molecule has 0 aliphatic carbocycles. The van der Waals surface area contributed by atoms with Crippen LogP contribution in [0.25, 0.3) is 5.65 Å². The Morgan fingerprint density at radius 1 is 1.44 bits per heavy atom. The molecule has 0 spiro atoms. The van der Waals surface area contributed by atoms with Crippen LogP contribution in [0.4, 0.5) is 5.82 Å². The van der Waals surface area contributed by atoms with Crippen LogP contribution in [0.1, 0.15) is 19.7 Å². The molecule has 18 heavy (non-hydrogen) atoms. The van der Waals surface area contributed by atoms with Crippen LogP contribution in [0.3, 0.4) is 0 Å². The van der Waals surface area contributed by atoms with Gasteiger partial charge in [0.1, 0.15) is 5.82 Å². The summed E-state index contributed by atoms with van der Waals surface area (Å²) in [7, 11) is 0. The number of hydrogen-bond donors (Lipinski definition) is 1. The zero-order chi connectivity index (χ0) is 13.1. The molecule has 0 aliphatic rings. The van der Waals surface area contributed by atoms with Crippen molar-refractivity contribution in [3.05, 3.63) is 18.2 Å². The van der Waals surface area contributed by atoms with Gasteiger partial charge in [0.15, 0.2) is 5.82 Å². The first-order valence-corrected chi connectivity index (χ1v) is 6.28. The van der Waals surface area contributed by atoms with Crippen molar-refractivity contribution in [2.24, 2.45) is 11.7 Å². The Hall–Kier alpha value is -1.69. The predicted octanol–water partition coefficient (Wildman–Crippen LogP) is 0.854. The Labute approximate surface area is 107 Å². The Bertz CT molecular complexity index is 520. The molecule has 1 atom stereocenters. The van der Waals surface area contributed by atoms with E-state index in [1.165, 1.54) is 0 Å². The van der Waals surface area contributed by atoms with E-state index in [9.17, 15) is 0 Å². The highest BCUT2D eigenvalue weighted by Crippen LogP contribution is 2.18. The largest absolute Gasteiger partial charge is 0.353 e. The van der Waals surface area contributed by atoms with Gasteiger partial charge in [-0.2, -0.15) is 0 Å². The van der Waals surface area contributed by atoms with Crippen molar-refractivity contribution in [2.45, 2.75) is 20.8 Å². The molecule has 2 rings (SSSR count). The normalized spacial score (nSPS) is 12.9. The molecule has 0 fully saturated rings. The van der Waals surface area contributed by atoms with Gasteiger partial charge in [0.05, 0.1) is 0 Å². The standard InChI is InChI=1S/C12H20N6/c1-4-17(8-9(2)7-13)11-12-16-15-10(3)18(12)6-5-14-11/h5-6,9H,4,7-8,13H2,1-3H3. The summed E-state index contributed by atoms with van der Waals surface area (Å²) in [6, 6.07) is 0. The zero-order valence-electron chi connectivity index (χ0n) is 11.2. The Morgan fingerprint density at radius 3 is 2.89 bits per heavy atom. The maximum atomic E-state index is 5.69. The fourth-order valence-electron chi connectivity index (χ4n) is 1.97. The average molecular weight is 248 g/mol. The molecule has 2 aromatic rings. The van der Waals surface area contributed by atoms with Crippen LogP contribution in [0.2, 0.25) is 0 Å². The first-order chi connectivity index (χ1) is 8.67. The van der Waals surface area contributed by atoms with Crippen molar-refractivity contribution >= 4 is 11.5 Å². The summed E-state index contributed by atoms with van der Waals surface area (Å²) >= 11 is 0. The van der Waals surface area contributed by atoms with Crippen molar-refractivity contribution < 1.29 is 0 Å². The average Bonchev–Trinajstić information content (AvgIpc) is 2.78. The smallest absolute Gasteiger partial charge is 0.203 e. The molecule has 6 nitrogen and oxygen atoms in total. The molecule has 6 heteroatoms. The van der Waals surface area contributed by atoms with Crippen molar-refractivity contribution in [2.75, 3.05) is 24.5 Å². The molecule has 2 heterocycles. The van der Waals surface area contributed by atoms with E-state index >= 15 is 0 Å². The molecule has 0 radical (unpaired) electrons. The molecule has 0 amide bonds. The third kappa shape index (κ3) is 2.28. The summed E-state index contributed by atoms with van der Waals surface area (Å²) in [5.74, 6) is 2.17. The van der Waals surface area contributed by atoms with E-state index in [-0.39, 0.29) is 0 Å². The van der Waals surface area contributed by atoms with Gasteiger partial charge in [0.2, 0.25) is 5.65 Å². The van der Waals surface area contributed by atoms with Crippen LogP contribution in [0, 0.1) is 12.8 Å². The van der Waals surface area contributed by atoms with E-state index in [2.05, 4.69) is 33.9 Å². The fourth-order valence-corrected chi connectivity index (χ4v) is 1.97. The Kier molecular flexibility index (Phi) is 3.76. The van der Waals surface area contributed by atoms with Gasteiger partial charge in [-0.1, -0.05) is 6.92 Å². The minimum atomic E-state index is 0.427. The highest BCUT2D eigenvalue weighted by atomic mass is 15.3. The second-order valence-electron chi connectivity index (χ2n) is 4.57. The molecule has 98 valence electrons. The van der Waals surface area contributed by atoms with Crippen LogP contribution in [-0.2, 0) is 0 Å². The lowest BCUT2D eigenvalue weighted by molar-refractivity contribution is 0.573. The third-order valence-corrected chi connectivity index (χ3v) is 3.09. The Balaban J connectivity index is 2.38. The van der Waals surface area contributed by atoms with Gasteiger partial charge in [-0.15, -0.1) is 10.2 Å². The van der Waals surface area contributed by atoms with Crippen LogP contribution < -0.4 is 10.6 Å². The second kappa shape index (κ2) is 5.30. The van der Waals surface area contributed by atoms with Crippen LogP contribution in [-0.4, -0.2) is 39.2 Å². The summed E-state index contributed by atoms with van der Waals surface area (Å²) < 4.78 is 1.96. The van der Waals surface area contributed by atoms with E-state index < -0.39 is 0 Å². The fraction of sp³-hybridized carbons (Fsp3) is 0.583.